The van der Waals surface area contributed by atoms with E-state index >= 15 is 0 Å². The minimum absolute atomic E-state index is 0.0685. The first-order chi connectivity index (χ1) is 13.8. The molecule has 0 spiro atoms. The summed E-state index contributed by atoms with van der Waals surface area (Å²) in [6.45, 7) is 6.33. The van der Waals surface area contributed by atoms with Gasteiger partial charge in [-0.25, -0.2) is 21.9 Å². The van der Waals surface area contributed by atoms with Crippen molar-refractivity contribution in [3.05, 3.63) is 54.1 Å². The van der Waals surface area contributed by atoms with Crippen molar-refractivity contribution in [2.45, 2.75) is 56.5 Å². The van der Waals surface area contributed by atoms with Crippen LogP contribution in [0.25, 0.3) is 11.1 Å². The third kappa shape index (κ3) is 5.21. The van der Waals surface area contributed by atoms with Gasteiger partial charge < -0.3 is 4.90 Å². The van der Waals surface area contributed by atoms with E-state index in [0.717, 1.165) is 44.8 Å². The molecule has 1 aliphatic rings. The Kier molecular flexibility index (Phi) is 7.03. The molecule has 0 radical (unpaired) electrons. The van der Waals surface area contributed by atoms with Crippen LogP contribution in [-0.2, 0) is 10.0 Å². The first kappa shape index (κ1) is 21.9. The normalized spacial score (nSPS) is 20.2. The van der Waals surface area contributed by atoms with Crippen molar-refractivity contribution >= 4 is 10.0 Å². The van der Waals surface area contributed by atoms with Crippen LogP contribution in [-0.4, -0.2) is 38.5 Å². The van der Waals surface area contributed by atoms with E-state index in [0.29, 0.717) is 11.6 Å². The Labute approximate surface area is 172 Å². The minimum atomic E-state index is -3.64. The van der Waals surface area contributed by atoms with Gasteiger partial charge in [0.1, 0.15) is 11.6 Å². The molecule has 0 heterocycles. The molecule has 0 atom stereocenters. The Morgan fingerprint density at radius 3 is 2.14 bits per heavy atom. The lowest BCUT2D eigenvalue weighted by Crippen LogP contribution is -2.43. The van der Waals surface area contributed by atoms with Gasteiger partial charge in [0, 0.05) is 23.7 Å². The second-order valence-electron chi connectivity index (χ2n) is 7.50. The Morgan fingerprint density at radius 1 is 0.966 bits per heavy atom. The Hall–Kier alpha value is -1.83. The van der Waals surface area contributed by atoms with E-state index in [9.17, 15) is 17.2 Å². The van der Waals surface area contributed by atoms with E-state index in [1.165, 1.54) is 24.3 Å². The monoisotopic (exact) mass is 422 g/mol. The fourth-order valence-corrected chi connectivity index (χ4v) is 5.43. The van der Waals surface area contributed by atoms with E-state index in [4.69, 9.17) is 0 Å². The lowest BCUT2D eigenvalue weighted by atomic mass is 9.91. The van der Waals surface area contributed by atoms with E-state index in [1.807, 2.05) is 0 Å². The summed E-state index contributed by atoms with van der Waals surface area (Å²) in [4.78, 5) is 2.58. The molecule has 3 rings (SSSR count). The molecule has 29 heavy (non-hydrogen) atoms. The first-order valence-electron chi connectivity index (χ1n) is 10.2. The van der Waals surface area contributed by atoms with Crippen molar-refractivity contribution in [2.24, 2.45) is 0 Å². The maximum atomic E-state index is 13.9. The summed E-state index contributed by atoms with van der Waals surface area (Å²) in [6, 6.07) is 9.81. The average molecular weight is 423 g/mol. The number of nitrogens with one attached hydrogen (secondary N) is 1. The lowest BCUT2D eigenvalue weighted by Gasteiger charge is -2.35. The van der Waals surface area contributed by atoms with Gasteiger partial charge in [-0.2, -0.15) is 0 Å². The second-order valence-corrected chi connectivity index (χ2v) is 9.21. The summed E-state index contributed by atoms with van der Waals surface area (Å²) < 4.78 is 55.3. The molecule has 0 aliphatic heterocycles. The van der Waals surface area contributed by atoms with Gasteiger partial charge >= 0.3 is 0 Å². The van der Waals surface area contributed by atoms with Crippen molar-refractivity contribution < 1.29 is 17.2 Å². The van der Waals surface area contributed by atoms with Crippen LogP contribution >= 0.6 is 0 Å². The number of benzene rings is 2. The van der Waals surface area contributed by atoms with Crippen molar-refractivity contribution in [2.75, 3.05) is 13.1 Å². The molecule has 158 valence electrons. The van der Waals surface area contributed by atoms with Gasteiger partial charge in [-0.1, -0.05) is 26.0 Å². The van der Waals surface area contributed by atoms with Crippen LogP contribution in [0.15, 0.2) is 47.4 Å². The molecule has 7 heteroatoms. The minimum Gasteiger partial charge on any atom is -0.301 e. The maximum absolute atomic E-state index is 13.9. The molecule has 2 aromatic carbocycles. The fourth-order valence-electron chi connectivity index (χ4n) is 4.12. The number of halogens is 2. The van der Waals surface area contributed by atoms with E-state index in [-0.39, 0.29) is 16.5 Å². The molecule has 1 N–H and O–H groups in total. The second kappa shape index (κ2) is 9.32. The summed E-state index contributed by atoms with van der Waals surface area (Å²) in [7, 11) is -3.64. The van der Waals surface area contributed by atoms with Crippen molar-refractivity contribution in [3.63, 3.8) is 0 Å². The maximum Gasteiger partial charge on any atom is 0.240 e. The zero-order valence-corrected chi connectivity index (χ0v) is 17.7. The summed E-state index contributed by atoms with van der Waals surface area (Å²) in [5.74, 6) is -1.32. The largest absolute Gasteiger partial charge is 0.301 e. The first-order valence-corrected chi connectivity index (χ1v) is 11.6. The summed E-state index contributed by atoms with van der Waals surface area (Å²) in [6.07, 6.45) is 3.60. The summed E-state index contributed by atoms with van der Waals surface area (Å²) >= 11 is 0. The number of hydrogen-bond acceptors (Lipinski definition) is 3. The van der Waals surface area contributed by atoms with Gasteiger partial charge in [-0.15, -0.1) is 0 Å². The SMILES string of the molecule is CCN(CC)C1CCC(NS(=O)(=O)c2ccc(-c3ccc(F)cc3F)cc2)CC1. The average Bonchev–Trinajstić information content (AvgIpc) is 2.70. The van der Waals surface area contributed by atoms with Crippen molar-refractivity contribution in [1.82, 2.24) is 9.62 Å². The smallest absolute Gasteiger partial charge is 0.240 e. The predicted molar refractivity (Wildman–Crippen MR) is 111 cm³/mol. The van der Waals surface area contributed by atoms with Gasteiger partial charge in [0.25, 0.3) is 0 Å². The Bertz CT molecular complexity index is 920. The summed E-state index contributed by atoms with van der Waals surface area (Å²) in [5.41, 5.74) is 0.735. The number of rotatable bonds is 7. The molecular weight excluding hydrogens is 394 g/mol. The third-order valence-electron chi connectivity index (χ3n) is 5.75. The van der Waals surface area contributed by atoms with Gasteiger partial charge in [-0.05, 0) is 68.6 Å². The van der Waals surface area contributed by atoms with Crippen LogP contribution in [0.2, 0.25) is 0 Å². The highest BCUT2D eigenvalue weighted by Crippen LogP contribution is 2.27. The Morgan fingerprint density at radius 2 is 1.59 bits per heavy atom. The van der Waals surface area contributed by atoms with Gasteiger partial charge in [0.05, 0.1) is 4.90 Å². The molecule has 1 aliphatic carbocycles. The topological polar surface area (TPSA) is 49.4 Å². The van der Waals surface area contributed by atoms with E-state index in [2.05, 4.69) is 23.5 Å². The van der Waals surface area contributed by atoms with Crippen LogP contribution in [0.4, 0.5) is 8.78 Å². The standard InChI is InChI=1S/C22H28F2N2O2S/c1-3-26(4-2)19-10-8-18(9-11-19)25-29(27,28)20-12-5-16(6-13-20)21-14-7-17(23)15-22(21)24/h5-7,12-15,18-19,25H,3-4,8-11H2,1-2H3. The highest BCUT2D eigenvalue weighted by molar-refractivity contribution is 7.89. The third-order valence-corrected chi connectivity index (χ3v) is 7.29. The van der Waals surface area contributed by atoms with Crippen molar-refractivity contribution in [1.29, 1.82) is 0 Å². The number of hydrogen-bond donors (Lipinski definition) is 1. The molecular formula is C22H28F2N2O2S. The Balaban J connectivity index is 1.66. The molecule has 4 nitrogen and oxygen atoms in total. The van der Waals surface area contributed by atoms with E-state index in [1.54, 1.807) is 12.1 Å². The van der Waals surface area contributed by atoms with Gasteiger partial charge in [0.2, 0.25) is 10.0 Å². The lowest BCUT2D eigenvalue weighted by molar-refractivity contribution is 0.161. The molecule has 0 amide bonds. The van der Waals surface area contributed by atoms with Crippen LogP contribution in [0, 0.1) is 11.6 Å². The van der Waals surface area contributed by atoms with Gasteiger partial charge in [0.15, 0.2) is 0 Å². The quantitative estimate of drug-likeness (QED) is 0.712. The highest BCUT2D eigenvalue weighted by atomic mass is 32.2. The zero-order valence-electron chi connectivity index (χ0n) is 16.9. The van der Waals surface area contributed by atoms with Gasteiger partial charge in [-0.3, -0.25) is 0 Å². The zero-order chi connectivity index (χ0) is 21.0. The highest BCUT2D eigenvalue weighted by Gasteiger charge is 2.27. The van der Waals surface area contributed by atoms with Crippen LogP contribution < -0.4 is 4.72 Å². The molecule has 0 saturated heterocycles. The molecule has 0 aromatic heterocycles. The predicted octanol–water partition coefficient (Wildman–Crippen LogP) is 4.56. The number of sulfonamides is 1. The van der Waals surface area contributed by atoms with Crippen LogP contribution in [0.1, 0.15) is 39.5 Å². The van der Waals surface area contributed by atoms with Crippen LogP contribution in [0.3, 0.4) is 0 Å². The molecule has 0 bridgehead atoms. The molecule has 1 saturated carbocycles. The molecule has 1 fully saturated rings. The van der Waals surface area contributed by atoms with E-state index < -0.39 is 21.7 Å². The fraction of sp³-hybridized carbons (Fsp3) is 0.455. The molecule has 0 unspecified atom stereocenters. The number of nitrogens with zero attached hydrogens (tertiary/aromatic N) is 1. The summed E-state index contributed by atoms with van der Waals surface area (Å²) in [5, 5.41) is 0. The van der Waals surface area contributed by atoms with Crippen LogP contribution in [0.5, 0.6) is 0 Å². The van der Waals surface area contributed by atoms with Crippen molar-refractivity contribution in [3.8, 4) is 11.1 Å². The molecule has 2 aromatic rings.